The van der Waals surface area contributed by atoms with Crippen LogP contribution in [0.1, 0.15) is 24.4 Å². The second-order valence-corrected chi connectivity index (χ2v) is 4.59. The minimum Gasteiger partial charge on any atom is -0.493 e. The van der Waals surface area contributed by atoms with Crippen molar-refractivity contribution in [3.05, 3.63) is 30.0 Å². The van der Waals surface area contributed by atoms with E-state index < -0.39 is 0 Å². The van der Waals surface area contributed by atoms with Gasteiger partial charge >= 0.3 is 0 Å². The van der Waals surface area contributed by atoms with Gasteiger partial charge in [-0.15, -0.1) is 0 Å². The smallest absolute Gasteiger partial charge is 0.287 e. The summed E-state index contributed by atoms with van der Waals surface area (Å²) in [4.78, 5) is 11.9. The summed E-state index contributed by atoms with van der Waals surface area (Å²) in [6.07, 6.45) is 0. The first-order chi connectivity index (χ1) is 8.61. The number of ether oxygens (including phenoxy) is 1. The lowest BCUT2D eigenvalue weighted by molar-refractivity contribution is 0.0923. The first-order valence-electron chi connectivity index (χ1n) is 5.96. The number of benzene rings is 1. The maximum absolute atomic E-state index is 11.9. The minimum absolute atomic E-state index is 0.193. The van der Waals surface area contributed by atoms with Gasteiger partial charge < -0.3 is 14.5 Å². The number of amides is 1. The van der Waals surface area contributed by atoms with Crippen molar-refractivity contribution in [1.82, 2.24) is 5.32 Å². The number of furan rings is 1. The van der Waals surface area contributed by atoms with E-state index in [-0.39, 0.29) is 5.91 Å². The van der Waals surface area contributed by atoms with Crippen LogP contribution in [0, 0.1) is 5.92 Å². The highest BCUT2D eigenvalue weighted by Crippen LogP contribution is 2.28. The number of nitrogens with one attached hydrogen (secondary N) is 1. The number of para-hydroxylation sites is 1. The molecule has 0 bridgehead atoms. The van der Waals surface area contributed by atoms with Gasteiger partial charge in [-0.25, -0.2) is 0 Å². The van der Waals surface area contributed by atoms with Gasteiger partial charge in [0.1, 0.15) is 0 Å². The molecule has 0 fully saturated rings. The Morgan fingerprint density at radius 1 is 1.44 bits per heavy atom. The van der Waals surface area contributed by atoms with E-state index >= 15 is 0 Å². The van der Waals surface area contributed by atoms with Gasteiger partial charge in [-0.3, -0.25) is 4.79 Å². The van der Waals surface area contributed by atoms with E-state index in [0.29, 0.717) is 29.6 Å². The maximum atomic E-state index is 11.9. The summed E-state index contributed by atoms with van der Waals surface area (Å²) in [5.41, 5.74) is 0.606. The van der Waals surface area contributed by atoms with Crippen LogP contribution < -0.4 is 10.1 Å². The first-order valence-corrected chi connectivity index (χ1v) is 5.96. The average molecular weight is 247 g/mol. The number of rotatable bonds is 4. The summed E-state index contributed by atoms with van der Waals surface area (Å²) in [5.74, 6) is 1.17. The zero-order chi connectivity index (χ0) is 13.1. The Morgan fingerprint density at radius 3 is 2.89 bits per heavy atom. The Hall–Kier alpha value is -1.97. The molecule has 0 aliphatic carbocycles. The minimum atomic E-state index is -0.193. The summed E-state index contributed by atoms with van der Waals surface area (Å²) >= 11 is 0. The molecular formula is C14H17NO3. The molecule has 0 aliphatic heterocycles. The van der Waals surface area contributed by atoms with Crippen molar-refractivity contribution in [2.45, 2.75) is 13.8 Å². The molecule has 4 heteroatoms. The Morgan fingerprint density at radius 2 is 2.22 bits per heavy atom. The fourth-order valence-corrected chi connectivity index (χ4v) is 1.69. The molecule has 0 spiro atoms. The van der Waals surface area contributed by atoms with Gasteiger partial charge in [0.2, 0.25) is 0 Å². The Kier molecular flexibility index (Phi) is 3.55. The van der Waals surface area contributed by atoms with E-state index in [4.69, 9.17) is 9.15 Å². The lowest BCUT2D eigenvalue weighted by Crippen LogP contribution is -2.26. The van der Waals surface area contributed by atoms with E-state index in [9.17, 15) is 4.79 Å². The van der Waals surface area contributed by atoms with Crippen molar-refractivity contribution in [2.24, 2.45) is 5.92 Å². The van der Waals surface area contributed by atoms with E-state index in [1.54, 1.807) is 13.2 Å². The summed E-state index contributed by atoms with van der Waals surface area (Å²) in [6, 6.07) is 7.29. The van der Waals surface area contributed by atoms with Crippen LogP contribution in [0.4, 0.5) is 0 Å². The van der Waals surface area contributed by atoms with Gasteiger partial charge in [0.25, 0.3) is 5.91 Å². The normalized spacial score (nSPS) is 10.9. The van der Waals surface area contributed by atoms with Crippen LogP contribution in [0.2, 0.25) is 0 Å². The molecule has 0 unspecified atom stereocenters. The SMILES string of the molecule is COc1cccc2cc(C(=O)NCC(C)C)oc12. The molecule has 18 heavy (non-hydrogen) atoms. The summed E-state index contributed by atoms with van der Waals surface area (Å²) < 4.78 is 10.7. The first kappa shape index (κ1) is 12.5. The molecule has 0 atom stereocenters. The highest BCUT2D eigenvalue weighted by molar-refractivity contribution is 5.97. The van der Waals surface area contributed by atoms with Crippen LogP contribution in [0.25, 0.3) is 11.0 Å². The van der Waals surface area contributed by atoms with Gasteiger partial charge in [0.05, 0.1) is 7.11 Å². The summed E-state index contributed by atoms with van der Waals surface area (Å²) in [6.45, 7) is 4.72. The lowest BCUT2D eigenvalue weighted by Gasteiger charge is -2.05. The van der Waals surface area contributed by atoms with Crippen molar-refractivity contribution in [3.8, 4) is 5.75 Å². The molecule has 0 radical (unpaired) electrons. The van der Waals surface area contributed by atoms with Crippen molar-refractivity contribution >= 4 is 16.9 Å². The van der Waals surface area contributed by atoms with Crippen molar-refractivity contribution in [1.29, 1.82) is 0 Å². The van der Waals surface area contributed by atoms with Crippen LogP contribution in [-0.2, 0) is 0 Å². The molecule has 96 valence electrons. The second kappa shape index (κ2) is 5.12. The van der Waals surface area contributed by atoms with Crippen LogP contribution >= 0.6 is 0 Å². The van der Waals surface area contributed by atoms with E-state index in [0.717, 1.165) is 5.39 Å². The quantitative estimate of drug-likeness (QED) is 0.903. The Balaban J connectivity index is 2.27. The van der Waals surface area contributed by atoms with Crippen LogP contribution in [-0.4, -0.2) is 19.6 Å². The predicted octanol–water partition coefficient (Wildman–Crippen LogP) is 2.83. The molecule has 2 aromatic rings. The third kappa shape index (κ3) is 2.47. The topological polar surface area (TPSA) is 51.5 Å². The van der Waals surface area contributed by atoms with Gasteiger partial charge in [0, 0.05) is 11.9 Å². The molecule has 0 aliphatic rings. The number of carbonyl (C=O) groups excluding carboxylic acids is 1. The molecule has 2 rings (SSSR count). The van der Waals surface area contributed by atoms with E-state index in [2.05, 4.69) is 5.32 Å². The largest absolute Gasteiger partial charge is 0.493 e. The lowest BCUT2D eigenvalue weighted by atomic mass is 10.2. The average Bonchev–Trinajstić information content (AvgIpc) is 2.79. The number of hydrogen-bond donors (Lipinski definition) is 1. The molecule has 1 aromatic carbocycles. The monoisotopic (exact) mass is 247 g/mol. The van der Waals surface area contributed by atoms with Gasteiger partial charge in [-0.05, 0) is 18.1 Å². The van der Waals surface area contributed by atoms with Gasteiger partial charge in [-0.1, -0.05) is 26.0 Å². The van der Waals surface area contributed by atoms with Crippen molar-refractivity contribution < 1.29 is 13.9 Å². The molecule has 4 nitrogen and oxygen atoms in total. The maximum Gasteiger partial charge on any atom is 0.287 e. The molecule has 1 N–H and O–H groups in total. The van der Waals surface area contributed by atoms with Gasteiger partial charge in [-0.2, -0.15) is 0 Å². The number of carbonyl (C=O) groups is 1. The highest BCUT2D eigenvalue weighted by atomic mass is 16.5. The molecule has 1 amide bonds. The molecule has 1 heterocycles. The fourth-order valence-electron chi connectivity index (χ4n) is 1.69. The van der Waals surface area contributed by atoms with Crippen LogP contribution in [0.15, 0.2) is 28.7 Å². The zero-order valence-corrected chi connectivity index (χ0v) is 10.8. The van der Waals surface area contributed by atoms with E-state index in [1.165, 1.54) is 0 Å². The van der Waals surface area contributed by atoms with Gasteiger partial charge in [0.15, 0.2) is 17.1 Å². The molecule has 0 saturated carbocycles. The van der Waals surface area contributed by atoms with E-state index in [1.807, 2.05) is 32.0 Å². The third-order valence-electron chi connectivity index (χ3n) is 2.62. The van der Waals surface area contributed by atoms with Crippen LogP contribution in [0.5, 0.6) is 5.75 Å². The predicted molar refractivity (Wildman–Crippen MR) is 69.9 cm³/mol. The number of methoxy groups -OCH3 is 1. The fraction of sp³-hybridized carbons (Fsp3) is 0.357. The van der Waals surface area contributed by atoms with Crippen molar-refractivity contribution in [2.75, 3.05) is 13.7 Å². The summed E-state index contributed by atoms with van der Waals surface area (Å²) in [7, 11) is 1.58. The Labute approximate surface area is 106 Å². The Bertz CT molecular complexity index is 557. The highest BCUT2D eigenvalue weighted by Gasteiger charge is 2.14. The van der Waals surface area contributed by atoms with Crippen molar-refractivity contribution in [3.63, 3.8) is 0 Å². The zero-order valence-electron chi connectivity index (χ0n) is 10.8. The third-order valence-corrected chi connectivity index (χ3v) is 2.62. The molecule has 0 saturated heterocycles. The van der Waals surface area contributed by atoms with Crippen LogP contribution in [0.3, 0.4) is 0 Å². The second-order valence-electron chi connectivity index (χ2n) is 4.59. The molecule has 1 aromatic heterocycles. The number of hydrogen-bond acceptors (Lipinski definition) is 3. The summed E-state index contributed by atoms with van der Waals surface area (Å²) in [5, 5.41) is 3.69. The standard InChI is InChI=1S/C14H17NO3/c1-9(2)8-15-14(16)12-7-10-5-4-6-11(17-3)13(10)18-12/h4-7,9H,8H2,1-3H3,(H,15,16). The number of fused-ring (bicyclic) bond motifs is 1. The molecular weight excluding hydrogens is 230 g/mol.